The van der Waals surface area contributed by atoms with Gasteiger partial charge >= 0.3 is 5.97 Å². The number of thioether (sulfide) groups is 1. The highest BCUT2D eigenvalue weighted by Crippen LogP contribution is 2.49. The zero-order valence-corrected chi connectivity index (χ0v) is 28.8. The van der Waals surface area contributed by atoms with E-state index in [0.29, 0.717) is 0 Å². The number of rotatable bonds is 12. The maximum Gasteiger partial charge on any atom is 0.356 e. The number of esters is 1. The molecule has 1 saturated heterocycles. The Morgan fingerprint density at radius 2 is 1.25 bits per heavy atom. The lowest BCUT2D eigenvalue weighted by molar-refractivity contribution is -0.151. The molecule has 1 N–H and O–H groups in total. The number of benzene rings is 4. The summed E-state index contributed by atoms with van der Waals surface area (Å²) in [7, 11) is 0. The van der Waals surface area contributed by atoms with Gasteiger partial charge in [0.1, 0.15) is 29.1 Å². The molecule has 0 aromatic heterocycles. The molecule has 1 aliphatic rings. The molecular weight excluding hydrogens is 646 g/mol. The number of carbonyl (C=O) groups is 4. The molecule has 2 amide bonds. The lowest BCUT2D eigenvalue weighted by atomic mass is 10.1. The van der Waals surface area contributed by atoms with Crippen molar-refractivity contribution < 1.29 is 28.3 Å². The van der Waals surface area contributed by atoms with Crippen LogP contribution in [0.15, 0.2) is 121 Å². The van der Waals surface area contributed by atoms with Crippen LogP contribution in [0.1, 0.15) is 26.3 Å². The Bertz CT molecular complexity index is 1710. The van der Waals surface area contributed by atoms with E-state index in [0.717, 1.165) is 33.2 Å². The standard InChI is InChI=1S/C38H38FN2O5PS/c1-38(2,3)46-37(45)35(47(29-18-10-5-11-19-29,30-20-12-6-13-21-30)31-22-14-7-15-23-31)41-34(44)33(36(41)48-26-28(42)25-39)40-32(43)24-27-16-8-4-9-17-27/h4-23,33,36H,24-26H2,1-3H3,(H,40,43)/t33-,36-/m1/s1. The van der Waals surface area contributed by atoms with Crippen LogP contribution in [-0.4, -0.2) is 63.3 Å². The third-order valence-corrected chi connectivity index (χ3v) is 13.3. The average Bonchev–Trinajstić information content (AvgIpc) is 3.09. The summed E-state index contributed by atoms with van der Waals surface area (Å²) in [6.07, 6.45) is 0.0308. The molecule has 4 aromatic carbocycles. The summed E-state index contributed by atoms with van der Waals surface area (Å²) in [5.41, 5.74) is -0.0463. The van der Waals surface area contributed by atoms with Crippen molar-refractivity contribution in [3.63, 3.8) is 0 Å². The van der Waals surface area contributed by atoms with Crippen molar-refractivity contribution in [1.29, 1.82) is 0 Å². The Hall–Kier alpha value is -4.46. The van der Waals surface area contributed by atoms with Crippen molar-refractivity contribution in [3.05, 3.63) is 127 Å². The maximum atomic E-state index is 14.8. The molecule has 1 fully saturated rings. The zero-order valence-electron chi connectivity index (χ0n) is 27.0. The number of alkyl halides is 1. The van der Waals surface area contributed by atoms with E-state index in [9.17, 15) is 23.6 Å². The number of nitrogens with one attached hydrogen (secondary N) is 1. The number of halogens is 1. The third kappa shape index (κ3) is 7.48. The van der Waals surface area contributed by atoms with Gasteiger partial charge in [0.05, 0.1) is 12.2 Å². The summed E-state index contributed by atoms with van der Waals surface area (Å²) in [6.45, 7) is 0.891. The second-order valence-electron chi connectivity index (χ2n) is 12.3. The Morgan fingerprint density at radius 1 is 0.792 bits per heavy atom. The van der Waals surface area contributed by atoms with E-state index < -0.39 is 54.1 Å². The van der Waals surface area contributed by atoms with E-state index in [1.165, 1.54) is 4.90 Å². The minimum Gasteiger partial charge on any atom is -0.455 e. The van der Waals surface area contributed by atoms with E-state index >= 15 is 0 Å². The molecule has 0 unspecified atom stereocenters. The first-order valence-electron chi connectivity index (χ1n) is 15.6. The van der Waals surface area contributed by atoms with Crippen molar-refractivity contribution in [3.8, 4) is 0 Å². The lowest BCUT2D eigenvalue weighted by Crippen LogP contribution is -2.72. The number of ether oxygens (including phenoxy) is 1. The molecule has 0 radical (unpaired) electrons. The summed E-state index contributed by atoms with van der Waals surface area (Å²) < 4.78 is 19.5. The van der Waals surface area contributed by atoms with E-state index in [1.807, 2.05) is 121 Å². The molecule has 1 aliphatic heterocycles. The minimum atomic E-state index is -3.21. The molecule has 7 nitrogen and oxygen atoms in total. The van der Waals surface area contributed by atoms with Gasteiger partial charge in [0.15, 0.2) is 5.78 Å². The van der Waals surface area contributed by atoms with Crippen molar-refractivity contribution in [2.45, 2.75) is 44.2 Å². The van der Waals surface area contributed by atoms with Crippen LogP contribution in [0, 0.1) is 0 Å². The quantitative estimate of drug-likeness (QED) is 0.133. The molecule has 10 heteroatoms. The van der Waals surface area contributed by atoms with Crippen molar-refractivity contribution in [2.24, 2.45) is 0 Å². The molecule has 2 atom stereocenters. The summed E-state index contributed by atoms with van der Waals surface area (Å²) in [4.78, 5) is 56.1. The Labute approximate surface area is 284 Å². The second-order valence-corrected chi connectivity index (χ2v) is 16.7. The first-order valence-corrected chi connectivity index (χ1v) is 18.4. The first kappa shape index (κ1) is 34.9. The second kappa shape index (κ2) is 15.2. The average molecular weight is 685 g/mol. The van der Waals surface area contributed by atoms with Gasteiger partial charge in [0.25, 0.3) is 5.91 Å². The number of ketones is 1. The molecule has 1 heterocycles. The largest absolute Gasteiger partial charge is 0.455 e. The summed E-state index contributed by atoms with van der Waals surface area (Å²) in [5.74, 6) is -2.53. The van der Waals surface area contributed by atoms with E-state index in [-0.39, 0.29) is 17.6 Å². The SMILES string of the molecule is CC(C)(C)OC(=O)C(N1C(=O)[C@@H](NC(=O)Cc2ccccc2)[C@H]1SCC(=O)CF)=P(c1ccccc1)(c1ccccc1)c1ccccc1. The third-order valence-electron chi connectivity index (χ3n) is 7.69. The summed E-state index contributed by atoms with van der Waals surface area (Å²) in [6, 6.07) is 36.7. The van der Waals surface area contributed by atoms with Gasteiger partial charge in [-0.15, -0.1) is 11.8 Å². The predicted molar refractivity (Wildman–Crippen MR) is 192 cm³/mol. The molecule has 0 spiro atoms. The van der Waals surface area contributed by atoms with E-state index in [2.05, 4.69) is 5.32 Å². The smallest absolute Gasteiger partial charge is 0.356 e. The van der Waals surface area contributed by atoms with Crippen LogP contribution in [0.3, 0.4) is 0 Å². The number of Topliss-reactive ketones (excluding diaryl/α,β-unsaturated/α-hetero) is 1. The maximum absolute atomic E-state index is 14.8. The monoisotopic (exact) mass is 684 g/mol. The molecule has 5 rings (SSSR count). The van der Waals surface area contributed by atoms with Crippen LogP contribution in [0.5, 0.6) is 0 Å². The lowest BCUT2D eigenvalue weighted by Gasteiger charge is -2.49. The van der Waals surface area contributed by atoms with Gasteiger partial charge in [0.2, 0.25) is 5.91 Å². The molecule has 0 aliphatic carbocycles. The molecule has 248 valence electrons. The van der Waals surface area contributed by atoms with Gasteiger partial charge in [0, 0.05) is 6.89 Å². The number of hydrogen-bond acceptors (Lipinski definition) is 6. The number of amides is 2. The van der Waals surface area contributed by atoms with Crippen LogP contribution in [0.25, 0.3) is 0 Å². The molecule has 4 aromatic rings. The molecule has 0 bridgehead atoms. The zero-order chi connectivity index (χ0) is 34.3. The van der Waals surface area contributed by atoms with Gasteiger partial charge < -0.3 is 10.1 Å². The normalized spacial score (nSPS) is 16.1. The number of likely N-dealkylation sites (tertiary alicyclic amines) is 1. The summed E-state index contributed by atoms with van der Waals surface area (Å²) >= 11 is 1.02. The van der Waals surface area contributed by atoms with Crippen LogP contribution in [0.2, 0.25) is 0 Å². The number of nitrogens with zero attached hydrogens (tertiary/aromatic N) is 1. The van der Waals surface area contributed by atoms with Crippen LogP contribution in [-0.2, 0) is 30.3 Å². The molecule has 0 saturated carbocycles. The van der Waals surface area contributed by atoms with E-state index in [4.69, 9.17) is 4.74 Å². The van der Waals surface area contributed by atoms with Gasteiger partial charge in [-0.25, -0.2) is 9.18 Å². The van der Waals surface area contributed by atoms with Gasteiger partial charge in [-0.05, 0) is 42.2 Å². The molecular formula is C38H38FN2O5PS. The first-order chi connectivity index (χ1) is 23.1. The van der Waals surface area contributed by atoms with Gasteiger partial charge in [-0.2, -0.15) is 0 Å². The Kier molecular flexibility index (Phi) is 11.0. The number of carbonyl (C=O) groups excluding carboxylic acids is 4. The number of hydrogen-bond donors (Lipinski definition) is 1. The Morgan fingerprint density at radius 3 is 1.69 bits per heavy atom. The summed E-state index contributed by atoms with van der Waals surface area (Å²) in [5, 5.41) is 4.35. The highest BCUT2D eigenvalue weighted by molar-refractivity contribution is 8.01. The van der Waals surface area contributed by atoms with Crippen LogP contribution < -0.4 is 21.2 Å². The van der Waals surface area contributed by atoms with E-state index in [1.54, 1.807) is 20.8 Å². The predicted octanol–water partition coefficient (Wildman–Crippen LogP) is 4.62. The van der Waals surface area contributed by atoms with Crippen LogP contribution in [0.4, 0.5) is 4.39 Å². The van der Waals surface area contributed by atoms with Crippen LogP contribution >= 0.6 is 18.6 Å². The highest BCUT2D eigenvalue weighted by Gasteiger charge is 2.55. The Balaban J connectivity index is 1.78. The van der Waals surface area contributed by atoms with Crippen molar-refractivity contribution in [1.82, 2.24) is 10.2 Å². The van der Waals surface area contributed by atoms with Gasteiger partial charge in [-0.3, -0.25) is 19.3 Å². The highest BCUT2D eigenvalue weighted by atomic mass is 32.2. The molecule has 48 heavy (non-hydrogen) atoms. The fourth-order valence-corrected chi connectivity index (χ4v) is 11.3. The van der Waals surface area contributed by atoms with Gasteiger partial charge in [-0.1, -0.05) is 121 Å². The minimum absolute atomic E-state index is 0.0308. The fraction of sp³-hybridized carbons (Fsp3) is 0.237. The number of β-lactam (4-membered cyclic amide) rings is 1. The van der Waals surface area contributed by atoms with Crippen molar-refractivity contribution in [2.75, 3.05) is 12.4 Å². The fourth-order valence-electron chi connectivity index (χ4n) is 5.70. The van der Waals surface area contributed by atoms with Crippen molar-refractivity contribution >= 4 is 63.5 Å². The topological polar surface area (TPSA) is 92.8 Å².